The predicted molar refractivity (Wildman–Crippen MR) is 123 cm³/mol. The van der Waals surface area contributed by atoms with Crippen LogP contribution in [-0.2, 0) is 4.79 Å². The highest BCUT2D eigenvalue weighted by atomic mass is 32.1. The van der Waals surface area contributed by atoms with Gasteiger partial charge in [-0.15, -0.1) is 11.3 Å². The van der Waals surface area contributed by atoms with E-state index in [1.165, 1.54) is 11.3 Å². The number of benzene rings is 1. The lowest BCUT2D eigenvalue weighted by Gasteiger charge is -2.23. The number of pyridine rings is 1. The number of nitrogens with zero attached hydrogens (tertiary/aromatic N) is 3. The number of aromatic nitrogens is 2. The number of fused-ring (bicyclic) bond motifs is 2. The van der Waals surface area contributed by atoms with Crippen LogP contribution in [0.4, 0.5) is 0 Å². The lowest BCUT2D eigenvalue weighted by atomic mass is 10.1. The summed E-state index contributed by atoms with van der Waals surface area (Å²) < 4.78 is 0.953. The van der Waals surface area contributed by atoms with E-state index in [1.807, 2.05) is 36.4 Å². The third-order valence-corrected chi connectivity index (χ3v) is 6.95. The van der Waals surface area contributed by atoms with E-state index >= 15 is 0 Å². The Hall–Kier alpha value is -3.39. The zero-order chi connectivity index (χ0) is 22.1. The normalized spacial score (nSPS) is 17.4. The third-order valence-electron chi connectivity index (χ3n) is 5.90. The Morgan fingerprint density at radius 1 is 1.12 bits per heavy atom. The fourth-order valence-corrected chi connectivity index (χ4v) is 5.28. The molecule has 1 aliphatic heterocycles. The number of likely N-dealkylation sites (tertiary alicyclic amines) is 1. The van der Waals surface area contributed by atoms with Gasteiger partial charge in [0.25, 0.3) is 5.91 Å². The van der Waals surface area contributed by atoms with Crippen LogP contribution in [0.2, 0.25) is 0 Å². The first-order valence-electron chi connectivity index (χ1n) is 10.7. The van der Waals surface area contributed by atoms with Crippen LogP contribution in [0.15, 0.2) is 36.5 Å². The molecule has 0 saturated carbocycles. The number of carbonyl (C=O) groups is 3. The lowest BCUT2D eigenvalue weighted by Crippen LogP contribution is -2.46. The molecule has 1 aromatic carbocycles. The molecule has 2 aromatic heterocycles. The number of ketones is 1. The topological polar surface area (TPSA) is 92.3 Å². The van der Waals surface area contributed by atoms with Gasteiger partial charge in [-0.05, 0) is 43.9 Å². The van der Waals surface area contributed by atoms with Crippen molar-refractivity contribution in [2.24, 2.45) is 0 Å². The minimum atomic E-state index is -0.531. The van der Waals surface area contributed by atoms with Gasteiger partial charge in [0.1, 0.15) is 0 Å². The van der Waals surface area contributed by atoms with E-state index in [2.05, 4.69) is 15.3 Å². The molecule has 0 unspecified atom stereocenters. The van der Waals surface area contributed by atoms with Gasteiger partial charge in [0.15, 0.2) is 5.01 Å². The van der Waals surface area contributed by atoms with Crippen LogP contribution in [0.1, 0.15) is 45.8 Å². The van der Waals surface area contributed by atoms with Crippen LogP contribution in [-0.4, -0.2) is 51.6 Å². The lowest BCUT2D eigenvalue weighted by molar-refractivity contribution is -0.130. The van der Waals surface area contributed by atoms with Crippen molar-refractivity contribution in [3.05, 3.63) is 57.7 Å². The van der Waals surface area contributed by atoms with Crippen molar-refractivity contribution in [3.8, 4) is 0 Å². The van der Waals surface area contributed by atoms with Gasteiger partial charge in [-0.3, -0.25) is 19.4 Å². The zero-order valence-electron chi connectivity index (χ0n) is 17.4. The largest absolute Gasteiger partial charge is 0.343 e. The number of amides is 2. The van der Waals surface area contributed by atoms with Gasteiger partial charge in [-0.25, -0.2) is 4.98 Å². The number of para-hydroxylation sites is 1. The van der Waals surface area contributed by atoms with Crippen LogP contribution < -0.4 is 15.9 Å². The fourth-order valence-electron chi connectivity index (χ4n) is 4.32. The SMILES string of the molecule is O=C(NCC(=O)N1CCC[C@H]1C(=O)c1nc2ccccc2s1)c1ccnc2c1=CCCC=2. The summed E-state index contributed by atoms with van der Waals surface area (Å²) in [6.07, 6.45) is 8.76. The molecule has 0 spiro atoms. The van der Waals surface area contributed by atoms with E-state index in [-0.39, 0.29) is 24.1 Å². The fraction of sp³-hybridized carbons (Fsp3) is 0.292. The minimum Gasteiger partial charge on any atom is -0.343 e. The third kappa shape index (κ3) is 3.82. The smallest absolute Gasteiger partial charge is 0.252 e. The number of thiazole rings is 1. The molecule has 32 heavy (non-hydrogen) atoms. The Kier molecular flexibility index (Phi) is 5.53. The van der Waals surface area contributed by atoms with Gasteiger partial charge in [0.2, 0.25) is 11.7 Å². The number of hydrogen-bond acceptors (Lipinski definition) is 6. The number of rotatable bonds is 5. The number of Topliss-reactive ketones (excluding diaryl/α,β-unsaturated/α-hetero) is 1. The molecule has 162 valence electrons. The summed E-state index contributed by atoms with van der Waals surface area (Å²) >= 11 is 1.35. The number of carbonyl (C=O) groups excluding carboxylic acids is 3. The van der Waals surface area contributed by atoms with Crippen LogP contribution in [0.25, 0.3) is 22.4 Å². The van der Waals surface area contributed by atoms with Gasteiger partial charge in [0.05, 0.1) is 28.2 Å². The highest BCUT2D eigenvalue weighted by Crippen LogP contribution is 2.27. The molecule has 8 heteroatoms. The van der Waals surface area contributed by atoms with Gasteiger partial charge in [0, 0.05) is 23.5 Å². The van der Waals surface area contributed by atoms with Crippen LogP contribution in [0.5, 0.6) is 0 Å². The summed E-state index contributed by atoms with van der Waals surface area (Å²) in [4.78, 5) is 49.1. The van der Waals surface area contributed by atoms with Crippen molar-refractivity contribution in [1.29, 1.82) is 0 Å². The first kappa shape index (κ1) is 20.5. The zero-order valence-corrected chi connectivity index (χ0v) is 18.2. The van der Waals surface area contributed by atoms with Crippen molar-refractivity contribution in [2.45, 2.75) is 31.7 Å². The van der Waals surface area contributed by atoms with E-state index < -0.39 is 6.04 Å². The van der Waals surface area contributed by atoms with Crippen molar-refractivity contribution >= 4 is 51.3 Å². The Morgan fingerprint density at radius 3 is 2.84 bits per heavy atom. The molecular formula is C24H22N4O3S. The summed E-state index contributed by atoms with van der Waals surface area (Å²) in [7, 11) is 0. The highest BCUT2D eigenvalue weighted by molar-refractivity contribution is 7.20. The average Bonchev–Trinajstić information content (AvgIpc) is 3.49. The second kappa shape index (κ2) is 8.63. The summed E-state index contributed by atoms with van der Waals surface area (Å²) in [6.45, 7) is 0.354. The first-order valence-corrected chi connectivity index (χ1v) is 11.6. The Morgan fingerprint density at radius 2 is 1.97 bits per heavy atom. The number of hydrogen-bond donors (Lipinski definition) is 1. The van der Waals surface area contributed by atoms with E-state index in [9.17, 15) is 14.4 Å². The molecule has 3 heterocycles. The Bertz CT molecular complexity index is 1310. The quantitative estimate of drug-likeness (QED) is 0.602. The van der Waals surface area contributed by atoms with Crippen molar-refractivity contribution in [2.75, 3.05) is 13.1 Å². The maximum Gasteiger partial charge on any atom is 0.252 e. The van der Waals surface area contributed by atoms with Gasteiger partial charge in [-0.1, -0.05) is 24.3 Å². The van der Waals surface area contributed by atoms with Gasteiger partial charge in [-0.2, -0.15) is 0 Å². The molecule has 1 fully saturated rings. The number of nitrogens with one attached hydrogen (secondary N) is 1. The second-order valence-corrected chi connectivity index (χ2v) is 8.95. The molecule has 1 aliphatic carbocycles. The van der Waals surface area contributed by atoms with E-state index in [0.717, 1.165) is 40.0 Å². The molecule has 1 atom stereocenters. The minimum absolute atomic E-state index is 0.128. The Balaban J connectivity index is 1.28. The first-order chi connectivity index (χ1) is 15.6. The predicted octanol–water partition coefficient (Wildman–Crippen LogP) is 1.65. The molecule has 0 radical (unpaired) electrons. The maximum absolute atomic E-state index is 13.1. The molecular weight excluding hydrogens is 424 g/mol. The van der Waals surface area contributed by atoms with Crippen LogP contribution in [0.3, 0.4) is 0 Å². The summed E-state index contributed by atoms with van der Waals surface area (Å²) in [5.41, 5.74) is 1.31. The molecule has 7 nitrogen and oxygen atoms in total. The summed E-state index contributed by atoms with van der Waals surface area (Å²) in [5.74, 6) is -0.692. The molecule has 2 aliphatic rings. The summed E-state index contributed by atoms with van der Waals surface area (Å²) in [6, 6.07) is 8.76. The van der Waals surface area contributed by atoms with E-state index in [1.54, 1.807) is 17.2 Å². The standard InChI is InChI=1S/C24H22N4O3S/c29-21(14-26-23(31)16-11-12-25-17-7-2-1-6-15(16)17)28-13-5-9-19(28)22(30)24-27-18-8-3-4-10-20(18)32-24/h3-4,6-8,10-12,19H,1-2,5,9,13-14H2,(H,26,31)/t19-/m0/s1. The maximum atomic E-state index is 13.1. The monoisotopic (exact) mass is 446 g/mol. The Labute approximate surface area is 188 Å². The van der Waals surface area contributed by atoms with Crippen molar-refractivity contribution in [1.82, 2.24) is 20.2 Å². The molecule has 1 N–H and O–H groups in total. The second-order valence-electron chi connectivity index (χ2n) is 7.92. The van der Waals surface area contributed by atoms with E-state index in [0.29, 0.717) is 23.5 Å². The van der Waals surface area contributed by atoms with Gasteiger partial charge >= 0.3 is 0 Å². The molecule has 5 rings (SSSR count). The van der Waals surface area contributed by atoms with Crippen molar-refractivity contribution < 1.29 is 14.4 Å². The van der Waals surface area contributed by atoms with Gasteiger partial charge < -0.3 is 10.2 Å². The molecule has 2 amide bonds. The van der Waals surface area contributed by atoms with Crippen molar-refractivity contribution in [3.63, 3.8) is 0 Å². The van der Waals surface area contributed by atoms with E-state index in [4.69, 9.17) is 0 Å². The van der Waals surface area contributed by atoms with Crippen LogP contribution >= 0.6 is 11.3 Å². The molecule has 0 bridgehead atoms. The van der Waals surface area contributed by atoms with Crippen LogP contribution in [0, 0.1) is 0 Å². The highest BCUT2D eigenvalue weighted by Gasteiger charge is 2.35. The summed E-state index contributed by atoms with van der Waals surface area (Å²) in [5, 5.41) is 4.77. The average molecular weight is 447 g/mol. The molecule has 3 aromatic rings. The molecule has 1 saturated heterocycles.